The van der Waals surface area contributed by atoms with E-state index in [9.17, 15) is 18.3 Å². The number of aliphatic hydroxyl groups excluding tert-OH is 1. The van der Waals surface area contributed by atoms with Gasteiger partial charge in [0.1, 0.15) is 5.75 Å². The maximum atomic E-state index is 12.9. The average molecular weight is 309 g/mol. The molecule has 0 saturated heterocycles. The molecule has 4 nitrogen and oxygen atoms in total. The number of benzene rings is 2. The number of aliphatic hydroxyl groups is 1. The van der Waals surface area contributed by atoms with Crippen LogP contribution in [0.3, 0.4) is 0 Å². The Kier molecular flexibility index (Phi) is 4.24. The first-order valence-corrected chi connectivity index (χ1v) is 6.07. The van der Waals surface area contributed by atoms with Crippen LogP contribution >= 0.6 is 0 Å². The summed E-state index contributed by atoms with van der Waals surface area (Å²) in [6, 6.07) is 8.35. The van der Waals surface area contributed by atoms with Crippen molar-refractivity contribution in [2.45, 2.75) is 12.8 Å². The molecule has 0 radical (unpaired) electrons. The van der Waals surface area contributed by atoms with Gasteiger partial charge in [-0.1, -0.05) is 6.07 Å². The van der Waals surface area contributed by atoms with Gasteiger partial charge in [0.05, 0.1) is 23.8 Å². The molecule has 2 aromatic carbocycles. The van der Waals surface area contributed by atoms with Crippen molar-refractivity contribution in [2.24, 2.45) is 0 Å². The molecule has 7 heteroatoms. The smallest absolute Gasteiger partial charge is 0.417 e. The Bertz CT molecular complexity index is 736. The Morgan fingerprint density at radius 1 is 1.14 bits per heavy atom. The Hall–Kier alpha value is -2.72. The Balaban J connectivity index is 2.41. The SMILES string of the molecule is N#Cc1ccc(Oc2cc(CO)ccc2O)cc1C(F)(F)F. The van der Waals surface area contributed by atoms with Gasteiger partial charge in [0.15, 0.2) is 11.5 Å². The fraction of sp³-hybridized carbons (Fsp3) is 0.133. The third-order valence-electron chi connectivity index (χ3n) is 2.85. The first kappa shape index (κ1) is 15.7. The second-order valence-electron chi connectivity index (χ2n) is 4.38. The molecule has 114 valence electrons. The van der Waals surface area contributed by atoms with Gasteiger partial charge in [-0.15, -0.1) is 0 Å². The van der Waals surface area contributed by atoms with Crippen LogP contribution in [0.2, 0.25) is 0 Å². The molecule has 0 heterocycles. The van der Waals surface area contributed by atoms with E-state index < -0.39 is 17.3 Å². The lowest BCUT2D eigenvalue weighted by molar-refractivity contribution is -0.137. The van der Waals surface area contributed by atoms with E-state index in [-0.39, 0.29) is 23.9 Å². The molecule has 0 aliphatic rings. The van der Waals surface area contributed by atoms with Gasteiger partial charge in [0.25, 0.3) is 0 Å². The molecular weight excluding hydrogens is 299 g/mol. The minimum Gasteiger partial charge on any atom is -0.504 e. The molecule has 2 rings (SSSR count). The zero-order chi connectivity index (χ0) is 16.3. The molecule has 0 aliphatic heterocycles. The molecule has 0 atom stereocenters. The van der Waals surface area contributed by atoms with Crippen LogP contribution in [0, 0.1) is 11.3 Å². The number of rotatable bonds is 3. The highest BCUT2D eigenvalue weighted by atomic mass is 19.4. The van der Waals surface area contributed by atoms with Crippen LogP contribution in [0.1, 0.15) is 16.7 Å². The van der Waals surface area contributed by atoms with Gasteiger partial charge >= 0.3 is 6.18 Å². The van der Waals surface area contributed by atoms with Crippen LogP contribution in [-0.2, 0) is 12.8 Å². The lowest BCUT2D eigenvalue weighted by Crippen LogP contribution is -2.07. The molecule has 0 spiro atoms. The Morgan fingerprint density at radius 2 is 1.86 bits per heavy atom. The monoisotopic (exact) mass is 309 g/mol. The summed E-state index contributed by atoms with van der Waals surface area (Å²) in [4.78, 5) is 0. The van der Waals surface area contributed by atoms with Crippen molar-refractivity contribution in [1.29, 1.82) is 5.26 Å². The first-order chi connectivity index (χ1) is 10.3. The Morgan fingerprint density at radius 3 is 2.45 bits per heavy atom. The van der Waals surface area contributed by atoms with Gasteiger partial charge in [-0.2, -0.15) is 18.4 Å². The third-order valence-corrected chi connectivity index (χ3v) is 2.85. The summed E-state index contributed by atoms with van der Waals surface area (Å²) in [5.74, 6) is -0.559. The van der Waals surface area contributed by atoms with Gasteiger partial charge < -0.3 is 14.9 Å². The predicted octanol–water partition coefficient (Wildman–Crippen LogP) is 3.57. The number of alkyl halides is 3. The summed E-state index contributed by atoms with van der Waals surface area (Å²) in [5.41, 5.74) is -1.21. The maximum Gasteiger partial charge on any atom is 0.417 e. The van der Waals surface area contributed by atoms with Crippen LogP contribution in [0.5, 0.6) is 17.2 Å². The number of hydrogen-bond acceptors (Lipinski definition) is 4. The number of hydrogen-bond donors (Lipinski definition) is 2. The topological polar surface area (TPSA) is 73.5 Å². The van der Waals surface area contributed by atoms with Gasteiger partial charge in [-0.05, 0) is 35.9 Å². The van der Waals surface area contributed by atoms with E-state index in [1.54, 1.807) is 0 Å². The molecule has 0 saturated carbocycles. The standard InChI is InChI=1S/C15H10F3NO3/c16-15(17,18)12-6-11(3-2-10(12)7-19)22-14-5-9(8-20)1-4-13(14)21/h1-6,20-21H,8H2. The predicted molar refractivity (Wildman–Crippen MR) is 70.3 cm³/mol. The molecule has 22 heavy (non-hydrogen) atoms. The van der Waals surface area contributed by atoms with E-state index in [0.29, 0.717) is 11.6 Å². The minimum absolute atomic E-state index is 0.0932. The van der Waals surface area contributed by atoms with Crippen molar-refractivity contribution in [1.82, 2.24) is 0 Å². The number of ether oxygens (including phenoxy) is 1. The van der Waals surface area contributed by atoms with Crippen molar-refractivity contribution in [2.75, 3.05) is 0 Å². The maximum absolute atomic E-state index is 12.9. The van der Waals surface area contributed by atoms with Gasteiger partial charge in [-0.3, -0.25) is 0 Å². The summed E-state index contributed by atoms with van der Waals surface area (Å²) >= 11 is 0. The molecule has 0 amide bonds. The van der Waals surface area contributed by atoms with Crippen molar-refractivity contribution < 1.29 is 28.1 Å². The fourth-order valence-electron chi connectivity index (χ4n) is 1.78. The molecular formula is C15H10F3NO3. The number of phenolic OH excluding ortho intramolecular Hbond substituents is 1. The van der Waals surface area contributed by atoms with Crippen molar-refractivity contribution in [3.63, 3.8) is 0 Å². The number of phenols is 1. The highest BCUT2D eigenvalue weighted by molar-refractivity contribution is 5.48. The van der Waals surface area contributed by atoms with Crippen molar-refractivity contribution >= 4 is 0 Å². The average Bonchev–Trinajstić information content (AvgIpc) is 2.48. The Labute approximate surface area is 123 Å². The molecule has 0 unspecified atom stereocenters. The second-order valence-corrected chi connectivity index (χ2v) is 4.38. The number of halogens is 3. The summed E-state index contributed by atoms with van der Waals surface area (Å²) in [6.07, 6.45) is -4.70. The molecule has 2 aromatic rings. The minimum atomic E-state index is -4.70. The number of nitriles is 1. The largest absolute Gasteiger partial charge is 0.504 e. The van der Waals surface area contributed by atoms with Crippen LogP contribution < -0.4 is 4.74 Å². The van der Waals surface area contributed by atoms with Gasteiger partial charge in [0.2, 0.25) is 0 Å². The molecule has 0 bridgehead atoms. The summed E-state index contributed by atoms with van der Waals surface area (Å²) in [5, 5.41) is 27.4. The van der Waals surface area contributed by atoms with Crippen molar-refractivity contribution in [3.8, 4) is 23.3 Å². The zero-order valence-electron chi connectivity index (χ0n) is 11.1. The number of nitrogens with zero attached hydrogens (tertiary/aromatic N) is 1. The highest BCUT2D eigenvalue weighted by Gasteiger charge is 2.34. The molecule has 2 N–H and O–H groups in total. The lowest BCUT2D eigenvalue weighted by Gasteiger charge is -2.13. The molecule has 0 fully saturated rings. The van der Waals surface area contributed by atoms with Crippen molar-refractivity contribution in [3.05, 3.63) is 53.1 Å². The second kappa shape index (κ2) is 5.95. The summed E-state index contributed by atoms with van der Waals surface area (Å²) < 4.78 is 43.8. The van der Waals surface area contributed by atoms with Gasteiger partial charge in [-0.25, -0.2) is 0 Å². The molecule has 0 aromatic heterocycles. The van der Waals surface area contributed by atoms with E-state index in [1.807, 2.05) is 0 Å². The highest BCUT2D eigenvalue weighted by Crippen LogP contribution is 2.37. The summed E-state index contributed by atoms with van der Waals surface area (Å²) in [7, 11) is 0. The van der Waals surface area contributed by atoms with E-state index in [1.165, 1.54) is 30.3 Å². The van der Waals surface area contributed by atoms with Crippen LogP contribution in [0.15, 0.2) is 36.4 Å². The lowest BCUT2D eigenvalue weighted by atomic mass is 10.1. The van der Waals surface area contributed by atoms with E-state index in [4.69, 9.17) is 15.1 Å². The normalized spacial score (nSPS) is 11.0. The quantitative estimate of drug-likeness (QED) is 0.909. The molecule has 0 aliphatic carbocycles. The van der Waals surface area contributed by atoms with Crippen LogP contribution in [-0.4, -0.2) is 10.2 Å². The van der Waals surface area contributed by atoms with E-state index in [2.05, 4.69) is 0 Å². The van der Waals surface area contributed by atoms with Gasteiger partial charge in [0, 0.05) is 0 Å². The summed E-state index contributed by atoms with van der Waals surface area (Å²) in [6.45, 7) is -0.308. The van der Waals surface area contributed by atoms with Crippen LogP contribution in [0.25, 0.3) is 0 Å². The van der Waals surface area contributed by atoms with Crippen LogP contribution in [0.4, 0.5) is 13.2 Å². The fourth-order valence-corrected chi connectivity index (χ4v) is 1.78. The first-order valence-electron chi connectivity index (χ1n) is 6.07. The van der Waals surface area contributed by atoms with E-state index in [0.717, 1.165) is 6.07 Å². The van der Waals surface area contributed by atoms with E-state index >= 15 is 0 Å². The zero-order valence-corrected chi connectivity index (χ0v) is 11.1. The third kappa shape index (κ3) is 3.30. The number of aromatic hydroxyl groups is 1.